The van der Waals surface area contributed by atoms with E-state index in [1.54, 1.807) is 18.9 Å². The summed E-state index contributed by atoms with van der Waals surface area (Å²) in [6.07, 6.45) is 0. The summed E-state index contributed by atoms with van der Waals surface area (Å²) < 4.78 is 6.18. The summed E-state index contributed by atoms with van der Waals surface area (Å²) in [4.78, 5) is 12.1. The summed E-state index contributed by atoms with van der Waals surface area (Å²) in [6, 6.07) is 13.7. The molecule has 3 rings (SSSR count). The van der Waals surface area contributed by atoms with Crippen LogP contribution in [0.15, 0.2) is 52.3 Å². The second-order valence-corrected chi connectivity index (χ2v) is 6.61. The molecule has 2 aromatic rings. The second kappa shape index (κ2) is 6.58. The summed E-state index contributed by atoms with van der Waals surface area (Å²) in [5.74, 6) is 1.59. The largest absolute Gasteiger partial charge is 0.497 e. The monoisotopic (exact) mass is 375 g/mol. The normalized spacial score (nSPS) is 14.8. The van der Waals surface area contributed by atoms with Gasteiger partial charge in [-0.15, -0.1) is 11.8 Å². The number of benzene rings is 2. The number of ether oxygens (including phenoxy) is 1. The minimum absolute atomic E-state index is 0.0498. The van der Waals surface area contributed by atoms with Gasteiger partial charge in [-0.25, -0.2) is 0 Å². The summed E-state index contributed by atoms with van der Waals surface area (Å²) in [7, 11) is 1.66. The van der Waals surface area contributed by atoms with Crippen molar-refractivity contribution in [3.8, 4) is 5.75 Å². The average molecular weight is 376 g/mol. The molecule has 0 atom stereocenters. The Hall–Kier alpha value is -1.72. The number of carbonyl (C=O) groups is 1. The highest BCUT2D eigenvalue weighted by Crippen LogP contribution is 2.35. The molecule has 3 nitrogen and oxygen atoms in total. The van der Waals surface area contributed by atoms with Crippen LogP contribution >= 0.6 is 27.7 Å². The third-order valence-electron chi connectivity index (χ3n) is 3.35. The highest BCUT2D eigenvalue weighted by atomic mass is 79.9. The summed E-state index contributed by atoms with van der Waals surface area (Å²) in [5, 5.41) is 4.80. The molecule has 0 unspecified atom stereocenters. The predicted molar refractivity (Wildman–Crippen MR) is 95.0 cm³/mol. The maximum absolute atomic E-state index is 12.1. The molecule has 1 heterocycles. The average Bonchev–Trinajstić information content (AvgIpc) is 2.83. The van der Waals surface area contributed by atoms with E-state index in [1.807, 2.05) is 47.9 Å². The summed E-state index contributed by atoms with van der Waals surface area (Å²) in [5.41, 5.74) is 3.68. The van der Waals surface area contributed by atoms with Gasteiger partial charge in [0.2, 0.25) is 0 Å². The van der Waals surface area contributed by atoms with E-state index in [2.05, 4.69) is 21.2 Å². The molecule has 0 radical (unpaired) electrons. The van der Waals surface area contributed by atoms with E-state index in [4.69, 9.17) is 4.74 Å². The molecule has 0 bridgehead atoms. The molecule has 5 heteroatoms. The standard InChI is InChI=1S/C17H14BrNO2S/c1-21-13-4-2-3-11(7-13)9-22-10-15-14-8-12(18)5-6-16(14)19-17(15)20/h2-8,10H,9H2,1H3,(H,19,20). The first-order valence-corrected chi connectivity index (χ1v) is 8.57. The van der Waals surface area contributed by atoms with E-state index in [0.717, 1.165) is 32.8 Å². The fourth-order valence-corrected chi connectivity index (χ4v) is 3.48. The number of rotatable bonds is 4. The number of amides is 1. The zero-order chi connectivity index (χ0) is 15.5. The lowest BCUT2D eigenvalue weighted by Crippen LogP contribution is -2.03. The smallest absolute Gasteiger partial charge is 0.256 e. The Morgan fingerprint density at radius 2 is 2.14 bits per heavy atom. The first kappa shape index (κ1) is 15.2. The van der Waals surface area contributed by atoms with E-state index < -0.39 is 0 Å². The molecule has 1 aliphatic rings. The highest BCUT2D eigenvalue weighted by molar-refractivity contribution is 9.10. The van der Waals surface area contributed by atoms with Crippen molar-refractivity contribution in [3.05, 3.63) is 63.5 Å². The van der Waals surface area contributed by atoms with Gasteiger partial charge in [-0.1, -0.05) is 28.1 Å². The van der Waals surface area contributed by atoms with Gasteiger partial charge in [0.1, 0.15) is 5.75 Å². The Morgan fingerprint density at radius 3 is 2.95 bits per heavy atom. The Balaban J connectivity index is 1.76. The van der Waals surface area contributed by atoms with Gasteiger partial charge in [-0.3, -0.25) is 4.79 Å². The number of methoxy groups -OCH3 is 1. The first-order chi connectivity index (χ1) is 10.7. The second-order valence-electron chi connectivity index (χ2n) is 4.84. The van der Waals surface area contributed by atoms with Crippen LogP contribution in [-0.2, 0) is 10.5 Å². The van der Waals surface area contributed by atoms with E-state index in [0.29, 0.717) is 5.57 Å². The van der Waals surface area contributed by atoms with Gasteiger partial charge in [-0.05, 0) is 41.3 Å². The van der Waals surface area contributed by atoms with Crippen LogP contribution < -0.4 is 10.1 Å². The minimum Gasteiger partial charge on any atom is -0.497 e. The molecule has 0 saturated carbocycles. The number of carbonyl (C=O) groups excluding carboxylic acids is 1. The van der Waals surface area contributed by atoms with Crippen molar-refractivity contribution >= 4 is 44.9 Å². The predicted octanol–water partition coefficient (Wildman–Crippen LogP) is 4.68. The zero-order valence-electron chi connectivity index (χ0n) is 11.9. The Morgan fingerprint density at radius 1 is 1.27 bits per heavy atom. The van der Waals surface area contributed by atoms with Crippen molar-refractivity contribution in [2.24, 2.45) is 0 Å². The molecule has 0 fully saturated rings. The molecule has 1 N–H and O–H groups in total. The van der Waals surface area contributed by atoms with E-state index in [1.165, 1.54) is 0 Å². The van der Waals surface area contributed by atoms with Gasteiger partial charge in [-0.2, -0.15) is 0 Å². The van der Waals surface area contributed by atoms with Crippen molar-refractivity contribution in [1.29, 1.82) is 0 Å². The Bertz CT molecular complexity index is 758. The van der Waals surface area contributed by atoms with E-state index in [-0.39, 0.29) is 5.91 Å². The number of fused-ring (bicyclic) bond motifs is 1. The van der Waals surface area contributed by atoms with Crippen molar-refractivity contribution < 1.29 is 9.53 Å². The summed E-state index contributed by atoms with van der Waals surface area (Å²) in [6.45, 7) is 0. The Kier molecular flexibility index (Phi) is 4.55. The SMILES string of the molecule is COc1cccc(CSC=C2C(=O)Nc3ccc(Br)cc32)c1. The maximum Gasteiger partial charge on any atom is 0.256 e. The van der Waals surface area contributed by atoms with E-state index in [9.17, 15) is 4.79 Å². The molecule has 1 aliphatic heterocycles. The van der Waals surface area contributed by atoms with Crippen LogP contribution in [0.3, 0.4) is 0 Å². The van der Waals surface area contributed by atoms with Crippen molar-refractivity contribution in [3.63, 3.8) is 0 Å². The number of hydrogen-bond donors (Lipinski definition) is 1. The van der Waals surface area contributed by atoms with Crippen molar-refractivity contribution in [1.82, 2.24) is 0 Å². The highest BCUT2D eigenvalue weighted by Gasteiger charge is 2.23. The van der Waals surface area contributed by atoms with Crippen LogP contribution in [0.5, 0.6) is 5.75 Å². The molecule has 112 valence electrons. The first-order valence-electron chi connectivity index (χ1n) is 6.73. The fraction of sp³-hybridized carbons (Fsp3) is 0.118. The lowest BCUT2D eigenvalue weighted by molar-refractivity contribution is -0.110. The van der Waals surface area contributed by atoms with Gasteiger partial charge < -0.3 is 10.1 Å². The minimum atomic E-state index is -0.0498. The van der Waals surface area contributed by atoms with Gasteiger partial charge in [0.05, 0.1) is 12.7 Å². The maximum atomic E-state index is 12.1. The Labute approximate surface area is 141 Å². The van der Waals surface area contributed by atoms with Gasteiger partial charge in [0.15, 0.2) is 0 Å². The summed E-state index contributed by atoms with van der Waals surface area (Å²) >= 11 is 5.05. The number of nitrogens with one attached hydrogen (secondary N) is 1. The van der Waals surface area contributed by atoms with Crippen LogP contribution in [0.4, 0.5) is 5.69 Å². The van der Waals surface area contributed by atoms with Crippen LogP contribution in [0.2, 0.25) is 0 Å². The van der Waals surface area contributed by atoms with Crippen LogP contribution in [-0.4, -0.2) is 13.0 Å². The molecule has 1 amide bonds. The van der Waals surface area contributed by atoms with Crippen LogP contribution in [0, 0.1) is 0 Å². The third-order valence-corrected chi connectivity index (χ3v) is 4.75. The van der Waals surface area contributed by atoms with Gasteiger partial charge in [0.25, 0.3) is 5.91 Å². The van der Waals surface area contributed by atoms with Crippen LogP contribution in [0.25, 0.3) is 5.57 Å². The number of thioether (sulfide) groups is 1. The molecule has 22 heavy (non-hydrogen) atoms. The number of anilines is 1. The zero-order valence-corrected chi connectivity index (χ0v) is 14.3. The van der Waals surface area contributed by atoms with Crippen molar-refractivity contribution in [2.45, 2.75) is 5.75 Å². The molecular formula is C17H14BrNO2S. The van der Waals surface area contributed by atoms with Gasteiger partial charge >= 0.3 is 0 Å². The molecule has 0 spiro atoms. The van der Waals surface area contributed by atoms with E-state index >= 15 is 0 Å². The quantitative estimate of drug-likeness (QED) is 0.788. The molecule has 0 saturated heterocycles. The van der Waals surface area contributed by atoms with Crippen LogP contribution in [0.1, 0.15) is 11.1 Å². The third kappa shape index (κ3) is 3.20. The number of hydrogen-bond acceptors (Lipinski definition) is 3. The lowest BCUT2D eigenvalue weighted by atomic mass is 10.1. The number of halogens is 1. The lowest BCUT2D eigenvalue weighted by Gasteiger charge is -2.03. The molecule has 0 aromatic heterocycles. The van der Waals surface area contributed by atoms with Crippen molar-refractivity contribution in [2.75, 3.05) is 12.4 Å². The topological polar surface area (TPSA) is 38.3 Å². The van der Waals surface area contributed by atoms with Gasteiger partial charge in [0, 0.05) is 21.5 Å². The molecule has 2 aromatic carbocycles. The molecule has 0 aliphatic carbocycles. The fourth-order valence-electron chi connectivity index (χ4n) is 2.26. The molecular weight excluding hydrogens is 362 g/mol.